The molecule has 1 aromatic carbocycles. The van der Waals surface area contributed by atoms with Crippen LogP contribution in [-0.2, 0) is 0 Å². The molecule has 1 heterocycles. The number of nitrogens with zero attached hydrogens (tertiary/aromatic N) is 1. The molecule has 19 heavy (non-hydrogen) atoms. The van der Waals surface area contributed by atoms with Gasteiger partial charge in [0.2, 0.25) is 5.76 Å². The molecule has 0 amide bonds. The Morgan fingerprint density at radius 2 is 2.21 bits per heavy atom. The Morgan fingerprint density at radius 1 is 1.47 bits per heavy atom. The largest absolute Gasteiger partial charge is 0.504 e. The average Bonchev–Trinajstić information content (AvgIpc) is 2.69. The number of alkyl halides is 3. The third-order valence-electron chi connectivity index (χ3n) is 2.24. The first-order chi connectivity index (χ1) is 8.90. The summed E-state index contributed by atoms with van der Waals surface area (Å²) < 4.78 is 42.6. The minimum absolute atomic E-state index is 0.0958. The van der Waals surface area contributed by atoms with E-state index in [9.17, 15) is 13.2 Å². The van der Waals surface area contributed by atoms with Gasteiger partial charge in [-0.05, 0) is 25.1 Å². The quantitative estimate of drug-likeness (QED) is 0.863. The number of benzene rings is 1. The van der Waals surface area contributed by atoms with Crippen LogP contribution in [0.1, 0.15) is 11.9 Å². The number of rotatable bonds is 3. The van der Waals surface area contributed by atoms with Crippen LogP contribution in [0.3, 0.4) is 0 Å². The fourth-order valence-electron chi connectivity index (χ4n) is 1.44. The van der Waals surface area contributed by atoms with Gasteiger partial charge in [0.25, 0.3) is 0 Å². The van der Waals surface area contributed by atoms with Crippen LogP contribution in [0.2, 0.25) is 0 Å². The zero-order valence-corrected chi connectivity index (χ0v) is 10.7. The van der Waals surface area contributed by atoms with Gasteiger partial charge in [-0.1, -0.05) is 0 Å². The summed E-state index contributed by atoms with van der Waals surface area (Å²) in [5.74, 6) is -1.02. The molecular weight excluding hydrogens is 279 g/mol. The van der Waals surface area contributed by atoms with Crippen LogP contribution in [0.25, 0.3) is 16.3 Å². The molecule has 3 nitrogen and oxygen atoms in total. The fraction of sp³-hybridized carbons (Fsp3) is 0.250. The van der Waals surface area contributed by atoms with Crippen molar-refractivity contribution < 1.29 is 23.0 Å². The number of hydrogen-bond acceptors (Lipinski definition) is 4. The van der Waals surface area contributed by atoms with Crippen molar-refractivity contribution in [2.75, 3.05) is 6.61 Å². The van der Waals surface area contributed by atoms with Gasteiger partial charge >= 0.3 is 6.18 Å². The topological polar surface area (TPSA) is 42.4 Å². The normalized spacial score (nSPS) is 12.9. The molecule has 7 heteroatoms. The van der Waals surface area contributed by atoms with E-state index in [2.05, 4.69) is 4.98 Å². The first-order valence-corrected chi connectivity index (χ1v) is 6.23. The SMILES string of the molecule is CCOc1ccc2nc(C=C(O)C(F)(F)F)sc2c1. The molecule has 0 aliphatic rings. The predicted molar refractivity (Wildman–Crippen MR) is 67.4 cm³/mol. The molecule has 0 aliphatic carbocycles. The van der Waals surface area contributed by atoms with Gasteiger partial charge in [-0.2, -0.15) is 13.2 Å². The minimum Gasteiger partial charge on any atom is -0.504 e. The number of aliphatic hydroxyl groups excluding tert-OH is 1. The third-order valence-corrected chi connectivity index (χ3v) is 3.20. The molecule has 0 saturated heterocycles. The van der Waals surface area contributed by atoms with E-state index in [4.69, 9.17) is 9.84 Å². The molecular formula is C12H10F3NO2S. The maximum Gasteiger partial charge on any atom is 0.448 e. The molecule has 1 aromatic heterocycles. The first-order valence-electron chi connectivity index (χ1n) is 5.41. The van der Waals surface area contributed by atoms with Gasteiger partial charge in [-0.3, -0.25) is 0 Å². The highest BCUT2D eigenvalue weighted by molar-refractivity contribution is 7.19. The van der Waals surface area contributed by atoms with Gasteiger partial charge in [0, 0.05) is 6.08 Å². The molecule has 102 valence electrons. The van der Waals surface area contributed by atoms with Gasteiger partial charge < -0.3 is 9.84 Å². The molecule has 0 radical (unpaired) electrons. The Balaban J connectivity index is 2.37. The van der Waals surface area contributed by atoms with E-state index < -0.39 is 11.9 Å². The number of hydrogen-bond donors (Lipinski definition) is 1. The van der Waals surface area contributed by atoms with Crippen molar-refractivity contribution in [1.29, 1.82) is 0 Å². The lowest BCUT2D eigenvalue weighted by molar-refractivity contribution is -0.119. The molecule has 1 N–H and O–H groups in total. The summed E-state index contributed by atoms with van der Waals surface area (Å²) in [6.45, 7) is 2.35. The number of allylic oxidation sites excluding steroid dienone is 1. The fourth-order valence-corrected chi connectivity index (χ4v) is 2.37. The van der Waals surface area contributed by atoms with Gasteiger partial charge in [0.15, 0.2) is 0 Å². The van der Waals surface area contributed by atoms with Crippen molar-refractivity contribution in [1.82, 2.24) is 4.98 Å². The second kappa shape index (κ2) is 5.08. The van der Waals surface area contributed by atoms with Gasteiger partial charge in [0.1, 0.15) is 10.8 Å². The molecule has 0 bridgehead atoms. The number of halogens is 3. The van der Waals surface area contributed by atoms with Crippen molar-refractivity contribution in [3.8, 4) is 5.75 Å². The molecule has 0 fully saturated rings. The first kappa shape index (κ1) is 13.7. The highest BCUT2D eigenvalue weighted by Crippen LogP contribution is 2.30. The molecule has 2 rings (SSSR count). The minimum atomic E-state index is -4.76. The Hall–Kier alpha value is -1.76. The van der Waals surface area contributed by atoms with Crippen molar-refractivity contribution in [3.63, 3.8) is 0 Å². The van der Waals surface area contributed by atoms with E-state index in [1.165, 1.54) is 0 Å². The summed E-state index contributed by atoms with van der Waals surface area (Å²) in [6, 6.07) is 5.07. The van der Waals surface area contributed by atoms with Gasteiger partial charge in [-0.15, -0.1) is 11.3 Å². The third kappa shape index (κ3) is 3.17. The zero-order valence-electron chi connectivity index (χ0n) is 9.86. The van der Waals surface area contributed by atoms with E-state index in [0.29, 0.717) is 28.6 Å². The van der Waals surface area contributed by atoms with Crippen LogP contribution in [0.15, 0.2) is 24.0 Å². The highest BCUT2D eigenvalue weighted by atomic mass is 32.1. The Morgan fingerprint density at radius 3 is 2.84 bits per heavy atom. The summed E-state index contributed by atoms with van der Waals surface area (Å²) in [7, 11) is 0. The molecule has 0 atom stereocenters. The second-order valence-electron chi connectivity index (χ2n) is 3.64. The summed E-state index contributed by atoms with van der Waals surface area (Å²) in [4.78, 5) is 3.99. The number of ether oxygens (including phenoxy) is 1. The molecule has 0 spiro atoms. The predicted octanol–water partition coefficient (Wildman–Crippen LogP) is 4.16. The smallest absolute Gasteiger partial charge is 0.448 e. The van der Waals surface area contributed by atoms with Crippen molar-refractivity contribution in [2.24, 2.45) is 0 Å². The number of thiazole rings is 1. The van der Waals surface area contributed by atoms with Crippen LogP contribution < -0.4 is 4.74 Å². The second-order valence-corrected chi connectivity index (χ2v) is 4.70. The lowest BCUT2D eigenvalue weighted by Gasteiger charge is -2.02. The van der Waals surface area contributed by atoms with E-state index in [1.807, 2.05) is 6.92 Å². The van der Waals surface area contributed by atoms with Crippen LogP contribution in [0.5, 0.6) is 5.75 Å². The molecule has 0 saturated carbocycles. The van der Waals surface area contributed by atoms with Gasteiger partial charge in [-0.25, -0.2) is 4.98 Å². The highest BCUT2D eigenvalue weighted by Gasteiger charge is 2.33. The maximum absolute atomic E-state index is 12.2. The van der Waals surface area contributed by atoms with Crippen LogP contribution in [0.4, 0.5) is 13.2 Å². The molecule has 2 aromatic rings. The van der Waals surface area contributed by atoms with Crippen molar-refractivity contribution >= 4 is 27.6 Å². The number of fused-ring (bicyclic) bond motifs is 1. The van der Waals surface area contributed by atoms with Crippen LogP contribution >= 0.6 is 11.3 Å². The summed E-state index contributed by atoms with van der Waals surface area (Å²) in [6.07, 6.45) is -4.14. The number of aromatic nitrogens is 1. The summed E-state index contributed by atoms with van der Waals surface area (Å²) >= 11 is 1.05. The zero-order chi connectivity index (χ0) is 14.0. The van der Waals surface area contributed by atoms with Crippen molar-refractivity contribution in [2.45, 2.75) is 13.1 Å². The Labute approximate surface area is 111 Å². The van der Waals surface area contributed by atoms with Crippen LogP contribution in [0, 0.1) is 0 Å². The standard InChI is InChI=1S/C12H10F3NO2S/c1-2-18-7-3-4-8-9(5-7)19-11(16-8)6-10(17)12(13,14)15/h3-6,17H,2H2,1H3. The maximum atomic E-state index is 12.2. The lowest BCUT2D eigenvalue weighted by atomic mass is 10.3. The Kier molecular flexibility index (Phi) is 3.66. The van der Waals surface area contributed by atoms with E-state index in [0.717, 1.165) is 11.3 Å². The van der Waals surface area contributed by atoms with E-state index in [-0.39, 0.29) is 5.01 Å². The average molecular weight is 289 g/mol. The Bertz CT molecular complexity index is 619. The van der Waals surface area contributed by atoms with Crippen LogP contribution in [-0.4, -0.2) is 22.9 Å². The molecule has 0 aliphatic heterocycles. The van der Waals surface area contributed by atoms with Crippen molar-refractivity contribution in [3.05, 3.63) is 29.0 Å². The summed E-state index contributed by atoms with van der Waals surface area (Å²) in [5.41, 5.74) is 0.565. The monoisotopic (exact) mass is 289 g/mol. The molecule has 0 unspecified atom stereocenters. The van der Waals surface area contributed by atoms with E-state index >= 15 is 0 Å². The number of aliphatic hydroxyl groups is 1. The summed E-state index contributed by atoms with van der Waals surface area (Å²) in [5, 5.41) is 8.98. The lowest BCUT2D eigenvalue weighted by Crippen LogP contribution is -2.10. The van der Waals surface area contributed by atoms with Gasteiger partial charge in [0.05, 0.1) is 16.8 Å². The van der Waals surface area contributed by atoms with E-state index in [1.54, 1.807) is 18.2 Å².